The average molecular weight is 367 g/mol. The van der Waals surface area contributed by atoms with Crippen LogP contribution in [0.3, 0.4) is 0 Å². The molecule has 25 heavy (non-hydrogen) atoms. The van der Waals surface area contributed by atoms with Gasteiger partial charge >= 0.3 is 0 Å². The van der Waals surface area contributed by atoms with E-state index in [1.807, 2.05) is 52.4 Å². The maximum atomic E-state index is 12.2. The molecule has 0 atom stereocenters. The second kappa shape index (κ2) is 7.21. The number of fused-ring (bicyclic) bond motifs is 1. The van der Waals surface area contributed by atoms with Gasteiger partial charge < -0.3 is 5.32 Å². The van der Waals surface area contributed by atoms with E-state index in [1.165, 1.54) is 4.88 Å². The van der Waals surface area contributed by atoms with Crippen LogP contribution in [-0.2, 0) is 17.6 Å². The predicted molar refractivity (Wildman–Crippen MR) is 103 cm³/mol. The summed E-state index contributed by atoms with van der Waals surface area (Å²) in [5.74, 6) is 0.0474. The number of hydrogen-bond acceptors (Lipinski definition) is 4. The second-order valence-electron chi connectivity index (χ2n) is 5.73. The Balaban J connectivity index is 1.42. The number of thiophene rings is 1. The van der Waals surface area contributed by atoms with Gasteiger partial charge in [0.05, 0.1) is 12.1 Å². The van der Waals surface area contributed by atoms with E-state index in [0.717, 1.165) is 28.3 Å². The Hall–Kier alpha value is -2.44. The summed E-state index contributed by atoms with van der Waals surface area (Å²) >= 11 is 3.29. The second-order valence-corrected chi connectivity index (χ2v) is 7.60. The summed E-state index contributed by atoms with van der Waals surface area (Å²) in [4.78, 5) is 19.1. The highest BCUT2D eigenvalue weighted by atomic mass is 32.1. The molecule has 1 amide bonds. The monoisotopic (exact) mass is 367 g/mol. The molecule has 1 aromatic carbocycles. The zero-order valence-electron chi connectivity index (χ0n) is 13.5. The van der Waals surface area contributed by atoms with Crippen LogP contribution in [0.2, 0.25) is 0 Å². The molecule has 4 rings (SSSR count). The van der Waals surface area contributed by atoms with Gasteiger partial charge in [-0.25, -0.2) is 4.98 Å². The van der Waals surface area contributed by atoms with Crippen LogP contribution in [0.15, 0.2) is 59.4 Å². The molecule has 3 aromatic heterocycles. The van der Waals surface area contributed by atoms with Crippen molar-refractivity contribution in [1.82, 2.24) is 14.7 Å². The van der Waals surface area contributed by atoms with Crippen LogP contribution < -0.4 is 5.32 Å². The lowest BCUT2D eigenvalue weighted by Gasteiger charge is -2.03. The molecule has 0 saturated heterocycles. The van der Waals surface area contributed by atoms with Crippen molar-refractivity contribution < 1.29 is 4.79 Å². The molecule has 0 aliphatic rings. The number of carbonyl (C=O) groups excluding carboxylic acids is 1. The molecule has 4 nitrogen and oxygen atoms in total. The first-order valence-corrected chi connectivity index (χ1v) is 9.85. The molecule has 4 aromatic rings. The summed E-state index contributed by atoms with van der Waals surface area (Å²) in [5.41, 5.74) is 3.00. The van der Waals surface area contributed by atoms with E-state index in [2.05, 4.69) is 21.7 Å². The minimum absolute atomic E-state index is 0.0474. The van der Waals surface area contributed by atoms with Crippen LogP contribution >= 0.6 is 22.7 Å². The van der Waals surface area contributed by atoms with Crippen molar-refractivity contribution in [1.29, 1.82) is 0 Å². The summed E-state index contributed by atoms with van der Waals surface area (Å²) in [5, 5.41) is 7.07. The van der Waals surface area contributed by atoms with E-state index in [-0.39, 0.29) is 5.91 Å². The van der Waals surface area contributed by atoms with Crippen LogP contribution in [0.1, 0.15) is 10.6 Å². The van der Waals surface area contributed by atoms with Gasteiger partial charge in [-0.1, -0.05) is 36.4 Å². The molecular formula is C19H17N3OS2. The number of nitrogens with one attached hydrogen (secondary N) is 1. The standard InChI is InChI=1S/C19H17N3OS2/c23-18(20-9-8-16-7-4-10-24-16)11-15-13-25-19-21-17(12-22(15)19)14-5-2-1-3-6-14/h1-7,10,12-13H,8-9,11H2,(H,20,23). The first-order chi connectivity index (χ1) is 12.3. The van der Waals surface area contributed by atoms with E-state index in [1.54, 1.807) is 22.7 Å². The molecule has 0 radical (unpaired) electrons. The molecule has 3 heterocycles. The third-order valence-corrected chi connectivity index (χ3v) is 5.79. The van der Waals surface area contributed by atoms with Crippen molar-refractivity contribution in [2.24, 2.45) is 0 Å². The maximum absolute atomic E-state index is 12.2. The van der Waals surface area contributed by atoms with Gasteiger partial charge in [0.2, 0.25) is 5.91 Å². The Labute approximate surface area is 153 Å². The number of aromatic nitrogens is 2. The summed E-state index contributed by atoms with van der Waals surface area (Å²) in [7, 11) is 0. The zero-order valence-corrected chi connectivity index (χ0v) is 15.1. The van der Waals surface area contributed by atoms with Gasteiger partial charge in [0.15, 0.2) is 4.96 Å². The van der Waals surface area contributed by atoms with E-state index >= 15 is 0 Å². The molecular weight excluding hydrogens is 350 g/mol. The quantitative estimate of drug-likeness (QED) is 0.559. The van der Waals surface area contributed by atoms with Gasteiger partial charge in [0.25, 0.3) is 0 Å². The van der Waals surface area contributed by atoms with Crippen molar-refractivity contribution in [2.75, 3.05) is 6.54 Å². The Morgan fingerprint density at radius 1 is 1.12 bits per heavy atom. The molecule has 0 aliphatic carbocycles. The van der Waals surface area contributed by atoms with Crippen LogP contribution in [0.5, 0.6) is 0 Å². The van der Waals surface area contributed by atoms with Crippen LogP contribution in [0.4, 0.5) is 0 Å². The number of carbonyl (C=O) groups is 1. The van der Waals surface area contributed by atoms with Gasteiger partial charge in [-0.2, -0.15) is 0 Å². The fourth-order valence-corrected chi connectivity index (χ4v) is 4.29. The number of hydrogen-bond donors (Lipinski definition) is 1. The van der Waals surface area contributed by atoms with Gasteiger partial charge in [-0.05, 0) is 17.9 Å². The molecule has 126 valence electrons. The zero-order chi connectivity index (χ0) is 17.1. The number of nitrogens with zero attached hydrogens (tertiary/aromatic N) is 2. The number of thiazole rings is 1. The maximum Gasteiger partial charge on any atom is 0.225 e. The molecule has 0 aliphatic heterocycles. The SMILES string of the molecule is O=C(Cc1csc2nc(-c3ccccc3)cn12)NCCc1cccs1. The summed E-state index contributed by atoms with van der Waals surface area (Å²) < 4.78 is 2.02. The topological polar surface area (TPSA) is 46.4 Å². The highest BCUT2D eigenvalue weighted by Gasteiger charge is 2.12. The van der Waals surface area contributed by atoms with E-state index < -0.39 is 0 Å². The molecule has 0 fully saturated rings. The van der Waals surface area contributed by atoms with Gasteiger partial charge in [0, 0.05) is 34.3 Å². The molecule has 0 saturated carbocycles. The smallest absolute Gasteiger partial charge is 0.225 e. The van der Waals surface area contributed by atoms with Crippen LogP contribution in [0, 0.1) is 0 Å². The average Bonchev–Trinajstić information content (AvgIpc) is 3.34. The minimum Gasteiger partial charge on any atom is -0.355 e. The summed E-state index contributed by atoms with van der Waals surface area (Å²) in [6.07, 6.45) is 3.26. The van der Waals surface area contributed by atoms with Crippen molar-refractivity contribution in [3.05, 3.63) is 70.0 Å². The number of imidazole rings is 1. The fourth-order valence-electron chi connectivity index (χ4n) is 2.71. The van der Waals surface area contributed by atoms with Crippen molar-refractivity contribution in [2.45, 2.75) is 12.8 Å². The Bertz CT molecular complexity index is 971. The van der Waals surface area contributed by atoms with Gasteiger partial charge in [-0.3, -0.25) is 9.20 Å². The summed E-state index contributed by atoms with van der Waals surface area (Å²) in [6, 6.07) is 14.2. The van der Waals surface area contributed by atoms with Gasteiger partial charge in [0.1, 0.15) is 0 Å². The molecule has 0 unspecified atom stereocenters. The van der Waals surface area contributed by atoms with Crippen molar-refractivity contribution >= 4 is 33.5 Å². The normalized spacial score (nSPS) is 11.0. The lowest BCUT2D eigenvalue weighted by molar-refractivity contribution is -0.120. The third-order valence-electron chi connectivity index (χ3n) is 3.97. The van der Waals surface area contributed by atoms with E-state index in [0.29, 0.717) is 13.0 Å². The Kier molecular flexibility index (Phi) is 4.63. The number of amides is 1. The largest absolute Gasteiger partial charge is 0.355 e. The molecule has 6 heteroatoms. The van der Waals surface area contributed by atoms with E-state index in [9.17, 15) is 4.79 Å². The van der Waals surface area contributed by atoms with Crippen molar-refractivity contribution in [3.8, 4) is 11.3 Å². The fraction of sp³-hybridized carbons (Fsp3) is 0.158. The predicted octanol–water partition coefficient (Wildman–Crippen LogP) is 4.03. The molecule has 0 spiro atoms. The third kappa shape index (κ3) is 3.65. The lowest BCUT2D eigenvalue weighted by atomic mass is 10.2. The number of rotatable bonds is 6. The first-order valence-electron chi connectivity index (χ1n) is 8.09. The molecule has 0 bridgehead atoms. The van der Waals surface area contributed by atoms with Crippen LogP contribution in [-0.4, -0.2) is 21.8 Å². The van der Waals surface area contributed by atoms with Gasteiger partial charge in [-0.15, -0.1) is 22.7 Å². The highest BCUT2D eigenvalue weighted by Crippen LogP contribution is 2.23. The number of benzene rings is 1. The Morgan fingerprint density at radius 2 is 2.00 bits per heavy atom. The van der Waals surface area contributed by atoms with E-state index in [4.69, 9.17) is 0 Å². The highest BCUT2D eigenvalue weighted by molar-refractivity contribution is 7.15. The lowest BCUT2D eigenvalue weighted by Crippen LogP contribution is -2.27. The van der Waals surface area contributed by atoms with Crippen LogP contribution in [0.25, 0.3) is 16.2 Å². The minimum atomic E-state index is 0.0474. The first kappa shape index (κ1) is 16.1. The molecule has 1 N–H and O–H groups in total. The Morgan fingerprint density at radius 3 is 2.80 bits per heavy atom. The summed E-state index contributed by atoms with van der Waals surface area (Å²) in [6.45, 7) is 0.672. The van der Waals surface area contributed by atoms with Crippen molar-refractivity contribution in [3.63, 3.8) is 0 Å².